The fourth-order valence-corrected chi connectivity index (χ4v) is 4.91. The lowest BCUT2D eigenvalue weighted by Gasteiger charge is -2.23. The number of anilines is 1. The molecular weight excluding hydrogens is 447 g/mol. The summed E-state index contributed by atoms with van der Waals surface area (Å²) < 4.78 is 13.6. The molecule has 2 aliphatic rings. The molecule has 3 N–H and O–H groups in total. The predicted octanol–water partition coefficient (Wildman–Crippen LogP) is 4.42. The van der Waals surface area contributed by atoms with Crippen molar-refractivity contribution in [3.8, 4) is 0 Å². The summed E-state index contributed by atoms with van der Waals surface area (Å²) in [4.78, 5) is 32.5. The van der Waals surface area contributed by atoms with Gasteiger partial charge in [0.15, 0.2) is 0 Å². The Kier molecular flexibility index (Phi) is 6.41. The van der Waals surface area contributed by atoms with Crippen LogP contribution in [0.15, 0.2) is 64.6 Å². The summed E-state index contributed by atoms with van der Waals surface area (Å²) in [7, 11) is 0. The number of amides is 1. The van der Waals surface area contributed by atoms with Gasteiger partial charge >= 0.3 is 0 Å². The first-order valence-corrected chi connectivity index (χ1v) is 11.8. The van der Waals surface area contributed by atoms with Gasteiger partial charge in [0.05, 0.1) is 5.56 Å². The molecule has 2 aliphatic heterocycles. The predicted molar refractivity (Wildman–Crippen MR) is 133 cm³/mol. The molecule has 1 aromatic heterocycles. The molecule has 3 heterocycles. The van der Waals surface area contributed by atoms with Crippen molar-refractivity contribution in [2.45, 2.75) is 25.3 Å². The minimum absolute atomic E-state index is 0.0329. The van der Waals surface area contributed by atoms with E-state index in [0.29, 0.717) is 28.2 Å². The topological polar surface area (TPSA) is 105 Å². The maximum Gasteiger partial charge on any atom is 0.258 e. The Labute approximate surface area is 201 Å². The average Bonchev–Trinajstić information content (AvgIpc) is 3.57. The quantitative estimate of drug-likeness (QED) is 0.460. The normalized spacial score (nSPS) is 18.8. The number of fused-ring (bicyclic) bond motifs is 1. The van der Waals surface area contributed by atoms with E-state index >= 15 is 0 Å². The first-order valence-electron chi connectivity index (χ1n) is 11.8. The molecule has 0 aliphatic carbocycles. The number of halogens is 1. The lowest BCUT2D eigenvalue weighted by Crippen LogP contribution is -2.37. The van der Waals surface area contributed by atoms with Gasteiger partial charge in [-0.25, -0.2) is 9.92 Å². The van der Waals surface area contributed by atoms with E-state index in [4.69, 9.17) is 5.53 Å². The molecule has 1 amide bonds. The molecule has 9 heteroatoms. The lowest BCUT2D eigenvalue weighted by molar-refractivity contribution is 0.0780. The summed E-state index contributed by atoms with van der Waals surface area (Å²) in [5.74, 6) is -0.386. The van der Waals surface area contributed by atoms with Crippen LogP contribution in [0.5, 0.6) is 0 Å². The van der Waals surface area contributed by atoms with Crippen LogP contribution in [0.2, 0.25) is 0 Å². The van der Waals surface area contributed by atoms with Gasteiger partial charge < -0.3 is 15.2 Å². The van der Waals surface area contributed by atoms with Crippen molar-refractivity contribution in [1.82, 2.24) is 14.8 Å². The van der Waals surface area contributed by atoms with E-state index in [1.807, 2.05) is 4.90 Å². The summed E-state index contributed by atoms with van der Waals surface area (Å²) in [5.41, 5.74) is 9.15. The number of aromatic amines is 1. The summed E-state index contributed by atoms with van der Waals surface area (Å²) in [5, 5.41) is 7.00. The Balaban J connectivity index is 1.27. The molecule has 2 aromatic carbocycles. The highest BCUT2D eigenvalue weighted by Gasteiger charge is 2.31. The summed E-state index contributed by atoms with van der Waals surface area (Å²) in [6.45, 7) is 3.83. The Morgan fingerprint density at radius 3 is 2.63 bits per heavy atom. The number of benzene rings is 2. The van der Waals surface area contributed by atoms with Crippen molar-refractivity contribution in [3.63, 3.8) is 0 Å². The van der Waals surface area contributed by atoms with Crippen LogP contribution in [-0.2, 0) is 0 Å². The zero-order valence-electron chi connectivity index (χ0n) is 19.3. The number of pyridine rings is 1. The molecule has 0 radical (unpaired) electrons. The summed E-state index contributed by atoms with van der Waals surface area (Å²) >= 11 is 0. The highest BCUT2D eigenvalue weighted by Crippen LogP contribution is 2.23. The monoisotopic (exact) mass is 474 g/mol. The van der Waals surface area contributed by atoms with Gasteiger partial charge in [-0.1, -0.05) is 0 Å². The number of nitrogens with zero attached hydrogens (tertiary/aromatic N) is 3. The molecule has 3 aromatic rings. The van der Waals surface area contributed by atoms with Crippen molar-refractivity contribution >= 4 is 28.2 Å². The maximum atomic E-state index is 13.6. The van der Waals surface area contributed by atoms with Crippen molar-refractivity contribution in [1.29, 1.82) is 5.53 Å². The maximum absolute atomic E-state index is 13.6. The van der Waals surface area contributed by atoms with Crippen LogP contribution in [0.1, 0.15) is 35.2 Å². The molecule has 180 valence electrons. The van der Waals surface area contributed by atoms with Crippen LogP contribution < -0.4 is 10.9 Å². The van der Waals surface area contributed by atoms with E-state index < -0.39 is 11.4 Å². The smallest absolute Gasteiger partial charge is 0.258 e. The van der Waals surface area contributed by atoms with Gasteiger partial charge in [0, 0.05) is 47.5 Å². The lowest BCUT2D eigenvalue weighted by atomic mass is 10.1. The van der Waals surface area contributed by atoms with Crippen LogP contribution in [0.3, 0.4) is 0 Å². The van der Waals surface area contributed by atoms with Gasteiger partial charge in [-0.05, 0) is 80.9 Å². The largest absolute Gasteiger partial charge is 0.360 e. The molecule has 1 atom stereocenters. The van der Waals surface area contributed by atoms with Crippen LogP contribution in [0, 0.1) is 11.3 Å². The Morgan fingerprint density at radius 1 is 1.11 bits per heavy atom. The number of H-pyrrole nitrogens is 1. The Hall–Kier alpha value is -3.85. The van der Waals surface area contributed by atoms with Crippen LogP contribution in [-0.4, -0.2) is 52.9 Å². The molecular formula is C26H27FN6O2. The van der Waals surface area contributed by atoms with Crippen molar-refractivity contribution in [2.75, 3.05) is 31.5 Å². The van der Waals surface area contributed by atoms with Gasteiger partial charge in [-0.2, -0.15) is 5.11 Å². The zero-order chi connectivity index (χ0) is 24.4. The zero-order valence-corrected chi connectivity index (χ0v) is 19.3. The van der Waals surface area contributed by atoms with Gasteiger partial charge in [-0.3, -0.25) is 14.5 Å². The van der Waals surface area contributed by atoms with Crippen molar-refractivity contribution < 1.29 is 9.18 Å². The third kappa shape index (κ3) is 4.85. The van der Waals surface area contributed by atoms with Gasteiger partial charge in [-0.15, -0.1) is 0 Å². The molecule has 5 rings (SSSR count). The van der Waals surface area contributed by atoms with E-state index in [-0.39, 0.29) is 17.2 Å². The van der Waals surface area contributed by atoms with Crippen molar-refractivity contribution in [3.05, 3.63) is 82.0 Å². The van der Waals surface area contributed by atoms with Gasteiger partial charge in [0.2, 0.25) is 0 Å². The van der Waals surface area contributed by atoms with Gasteiger partial charge in [0.1, 0.15) is 11.5 Å². The molecule has 0 spiro atoms. The molecule has 2 fully saturated rings. The number of aromatic nitrogens is 1. The Bertz CT molecular complexity index is 1340. The standard InChI is InChI=1S/C26H27FN6O2/c27-19-5-8-23-18(13-19)14-22(25(34)30-23)24(31-28)15-29-20-6-3-17(4-7-20)26(35)33-12-9-21(16-33)32-10-1-2-11-32/h3-8,13-15,21,28-29H,1-2,9-12,16H2,(H,30,34)/b24-15-,31-28?. The number of likely N-dealkylation sites (tertiary alicyclic amines) is 2. The van der Waals surface area contributed by atoms with Crippen LogP contribution >= 0.6 is 0 Å². The highest BCUT2D eigenvalue weighted by molar-refractivity contribution is 5.94. The van der Waals surface area contributed by atoms with Gasteiger partial charge in [0.25, 0.3) is 11.5 Å². The van der Waals surface area contributed by atoms with Crippen LogP contribution in [0.25, 0.3) is 16.6 Å². The second kappa shape index (κ2) is 9.79. The second-order valence-electron chi connectivity index (χ2n) is 9.04. The fraction of sp³-hybridized carbons (Fsp3) is 0.308. The molecule has 2 saturated heterocycles. The Morgan fingerprint density at radius 2 is 1.89 bits per heavy atom. The molecule has 0 saturated carbocycles. The van der Waals surface area contributed by atoms with Crippen LogP contribution in [0.4, 0.5) is 10.1 Å². The number of rotatable bonds is 6. The molecule has 0 bridgehead atoms. The number of carbonyl (C=O) groups is 1. The fourth-order valence-electron chi connectivity index (χ4n) is 4.91. The van der Waals surface area contributed by atoms with E-state index in [1.165, 1.54) is 43.3 Å². The number of nitrogens with one attached hydrogen (secondary N) is 3. The van der Waals surface area contributed by atoms with E-state index in [1.54, 1.807) is 24.3 Å². The van der Waals surface area contributed by atoms with Crippen molar-refractivity contribution in [2.24, 2.45) is 5.11 Å². The summed E-state index contributed by atoms with van der Waals surface area (Å²) in [6.07, 6.45) is 4.96. The molecule has 8 nitrogen and oxygen atoms in total. The first kappa shape index (κ1) is 22.9. The third-order valence-corrected chi connectivity index (χ3v) is 6.82. The van der Waals surface area contributed by atoms with E-state index in [2.05, 4.69) is 20.3 Å². The number of carbonyl (C=O) groups excluding carboxylic acids is 1. The molecule has 35 heavy (non-hydrogen) atoms. The second-order valence-corrected chi connectivity index (χ2v) is 9.04. The van der Waals surface area contributed by atoms with E-state index in [0.717, 1.165) is 32.6 Å². The SMILES string of the molecule is N=N/C(=C\Nc1ccc(C(=O)N2CCC(N3CCCC3)C2)cc1)c1cc2cc(F)ccc2[nH]c1=O. The average molecular weight is 475 g/mol. The minimum atomic E-state index is -0.424. The first-order chi connectivity index (χ1) is 17.0. The minimum Gasteiger partial charge on any atom is -0.360 e. The summed E-state index contributed by atoms with van der Waals surface area (Å²) in [6, 6.07) is 13.1. The van der Waals surface area contributed by atoms with E-state index in [9.17, 15) is 14.0 Å². The number of hydrogen-bond acceptors (Lipinski definition) is 6. The third-order valence-electron chi connectivity index (χ3n) is 6.82. The highest BCUT2D eigenvalue weighted by atomic mass is 19.1. The number of hydrogen-bond donors (Lipinski definition) is 3. The molecule has 1 unspecified atom stereocenters.